The molecular weight excluding hydrogens is 268 g/mol. The largest absolute Gasteiger partial charge is 0.419 e. The van der Waals surface area contributed by atoms with Crippen molar-refractivity contribution in [3.05, 3.63) is 38.9 Å². The van der Waals surface area contributed by atoms with Gasteiger partial charge in [-0.05, 0) is 17.2 Å². The smallest absolute Gasteiger partial charge is 0.408 e. The molecule has 1 heterocycles. The van der Waals surface area contributed by atoms with Crippen molar-refractivity contribution in [1.29, 1.82) is 0 Å². The van der Waals surface area contributed by atoms with Crippen LogP contribution >= 0.6 is 12.6 Å². The van der Waals surface area contributed by atoms with Gasteiger partial charge in [-0.25, -0.2) is 4.79 Å². The Kier molecular flexibility index (Phi) is 3.40. The van der Waals surface area contributed by atoms with E-state index in [0.29, 0.717) is 23.4 Å². The van der Waals surface area contributed by atoms with Crippen molar-refractivity contribution < 1.29 is 9.34 Å². The van der Waals surface area contributed by atoms with Gasteiger partial charge >= 0.3 is 5.76 Å². The second-order valence-electron chi connectivity index (χ2n) is 5.19. The maximum Gasteiger partial charge on any atom is 0.419 e. The fourth-order valence-corrected chi connectivity index (χ4v) is 1.89. The van der Waals surface area contributed by atoms with Crippen LogP contribution in [0.4, 0.5) is 5.69 Å². The predicted molar refractivity (Wildman–Crippen MR) is 74.8 cm³/mol. The third-order valence-corrected chi connectivity index (χ3v) is 3.73. The van der Waals surface area contributed by atoms with E-state index in [1.165, 1.54) is 22.8 Å². The number of aromatic nitrogens is 1. The number of hydrogen-bond donors (Lipinski definition) is 1. The summed E-state index contributed by atoms with van der Waals surface area (Å²) < 4.78 is 6.50. The van der Waals surface area contributed by atoms with E-state index in [0.717, 1.165) is 0 Å². The second kappa shape index (κ2) is 4.73. The van der Waals surface area contributed by atoms with Crippen molar-refractivity contribution in [2.45, 2.75) is 20.4 Å². The van der Waals surface area contributed by atoms with E-state index >= 15 is 0 Å². The molecule has 6 nitrogen and oxygen atoms in total. The standard InChI is InChI=1S/C12H14N2O4S/c1-12(2,7-19)6-13-9-5-8(14(16)17)3-4-10(9)18-11(13)15/h3-5,19H,6-7H2,1-2H3. The summed E-state index contributed by atoms with van der Waals surface area (Å²) in [5.74, 6) is 0.0754. The molecule has 0 radical (unpaired) electrons. The molecule has 2 aromatic rings. The lowest BCUT2D eigenvalue weighted by molar-refractivity contribution is -0.384. The highest BCUT2D eigenvalue weighted by atomic mass is 32.1. The number of oxazole rings is 1. The van der Waals surface area contributed by atoms with Gasteiger partial charge in [0.1, 0.15) is 0 Å². The van der Waals surface area contributed by atoms with Crippen LogP contribution in [0, 0.1) is 15.5 Å². The molecule has 1 aromatic carbocycles. The van der Waals surface area contributed by atoms with E-state index in [9.17, 15) is 14.9 Å². The van der Waals surface area contributed by atoms with E-state index in [2.05, 4.69) is 12.6 Å². The van der Waals surface area contributed by atoms with Crippen LogP contribution in [0.3, 0.4) is 0 Å². The first-order valence-electron chi connectivity index (χ1n) is 5.73. The molecule has 2 rings (SSSR count). The Labute approximate surface area is 114 Å². The summed E-state index contributed by atoms with van der Waals surface area (Å²) in [4.78, 5) is 22.1. The number of nitrogens with zero attached hydrogens (tertiary/aromatic N) is 2. The number of thiol groups is 1. The summed E-state index contributed by atoms with van der Waals surface area (Å²) in [6.07, 6.45) is 0. The monoisotopic (exact) mass is 282 g/mol. The lowest BCUT2D eigenvalue weighted by Gasteiger charge is -2.21. The summed E-state index contributed by atoms with van der Waals surface area (Å²) in [5.41, 5.74) is 0.513. The fourth-order valence-electron chi connectivity index (χ4n) is 1.79. The van der Waals surface area contributed by atoms with Gasteiger partial charge < -0.3 is 4.42 Å². The molecule has 102 valence electrons. The molecule has 0 aliphatic heterocycles. The van der Waals surface area contributed by atoms with E-state index in [1.807, 2.05) is 13.8 Å². The maximum atomic E-state index is 11.8. The summed E-state index contributed by atoms with van der Waals surface area (Å²) in [5, 5.41) is 10.8. The minimum Gasteiger partial charge on any atom is -0.408 e. The van der Waals surface area contributed by atoms with Crippen molar-refractivity contribution in [3.63, 3.8) is 0 Å². The summed E-state index contributed by atoms with van der Waals surface area (Å²) in [6.45, 7) is 4.31. The predicted octanol–water partition coefficient (Wildman–Crippen LogP) is 2.46. The lowest BCUT2D eigenvalue weighted by Crippen LogP contribution is -2.27. The zero-order chi connectivity index (χ0) is 14.2. The van der Waals surface area contributed by atoms with Crippen LogP contribution in [-0.4, -0.2) is 15.2 Å². The third-order valence-electron chi connectivity index (χ3n) is 2.88. The van der Waals surface area contributed by atoms with Crippen LogP contribution in [0.2, 0.25) is 0 Å². The molecule has 0 saturated carbocycles. The van der Waals surface area contributed by atoms with Gasteiger partial charge in [0.15, 0.2) is 5.58 Å². The van der Waals surface area contributed by atoms with Crippen molar-refractivity contribution in [2.24, 2.45) is 5.41 Å². The van der Waals surface area contributed by atoms with Gasteiger partial charge in [-0.2, -0.15) is 12.6 Å². The molecule has 19 heavy (non-hydrogen) atoms. The molecule has 0 atom stereocenters. The van der Waals surface area contributed by atoms with E-state index in [1.54, 1.807) is 0 Å². The molecule has 7 heteroatoms. The van der Waals surface area contributed by atoms with Crippen LogP contribution in [0.25, 0.3) is 11.1 Å². The van der Waals surface area contributed by atoms with Gasteiger partial charge in [-0.15, -0.1) is 0 Å². The van der Waals surface area contributed by atoms with Gasteiger partial charge in [-0.1, -0.05) is 13.8 Å². The van der Waals surface area contributed by atoms with Gasteiger partial charge in [-0.3, -0.25) is 14.7 Å². The number of non-ortho nitro benzene ring substituents is 1. The number of fused-ring (bicyclic) bond motifs is 1. The molecule has 0 fully saturated rings. The first kappa shape index (κ1) is 13.7. The molecule has 0 N–H and O–H groups in total. The maximum absolute atomic E-state index is 11.8. The highest BCUT2D eigenvalue weighted by Gasteiger charge is 2.21. The average molecular weight is 282 g/mol. The lowest BCUT2D eigenvalue weighted by atomic mass is 9.96. The van der Waals surface area contributed by atoms with E-state index < -0.39 is 10.7 Å². The number of nitro groups is 1. The minimum atomic E-state index is -0.509. The summed E-state index contributed by atoms with van der Waals surface area (Å²) in [6, 6.07) is 4.12. The Morgan fingerprint density at radius 3 is 2.74 bits per heavy atom. The van der Waals surface area contributed by atoms with Crippen molar-refractivity contribution in [2.75, 3.05) is 5.75 Å². The Bertz CT molecular complexity index is 687. The highest BCUT2D eigenvalue weighted by Crippen LogP contribution is 2.24. The third kappa shape index (κ3) is 2.65. The van der Waals surface area contributed by atoms with Crippen LogP contribution in [0.5, 0.6) is 0 Å². The van der Waals surface area contributed by atoms with Crippen LogP contribution in [0.1, 0.15) is 13.8 Å². The molecular formula is C12H14N2O4S. The number of benzene rings is 1. The molecule has 0 unspecified atom stereocenters. The number of rotatable bonds is 4. The first-order valence-corrected chi connectivity index (χ1v) is 6.36. The van der Waals surface area contributed by atoms with Crippen molar-refractivity contribution >= 4 is 29.4 Å². The second-order valence-corrected chi connectivity index (χ2v) is 5.50. The molecule has 0 aliphatic carbocycles. The Morgan fingerprint density at radius 2 is 2.16 bits per heavy atom. The van der Waals surface area contributed by atoms with E-state index in [4.69, 9.17) is 4.42 Å². The summed E-state index contributed by atoms with van der Waals surface area (Å²) >= 11 is 4.24. The molecule has 0 amide bonds. The van der Waals surface area contributed by atoms with Gasteiger partial charge in [0, 0.05) is 18.7 Å². The quantitative estimate of drug-likeness (QED) is 0.531. The summed E-state index contributed by atoms with van der Waals surface area (Å²) in [7, 11) is 0. The minimum absolute atomic E-state index is 0.0641. The molecule has 0 bridgehead atoms. The highest BCUT2D eigenvalue weighted by molar-refractivity contribution is 7.80. The first-order chi connectivity index (χ1) is 8.84. The number of hydrogen-bond acceptors (Lipinski definition) is 5. The van der Waals surface area contributed by atoms with Gasteiger partial charge in [0.25, 0.3) is 5.69 Å². The molecule has 1 aromatic heterocycles. The topological polar surface area (TPSA) is 78.3 Å². The van der Waals surface area contributed by atoms with Crippen LogP contribution in [-0.2, 0) is 6.54 Å². The molecule has 0 spiro atoms. The van der Waals surface area contributed by atoms with Crippen molar-refractivity contribution in [1.82, 2.24) is 4.57 Å². The zero-order valence-electron chi connectivity index (χ0n) is 10.6. The molecule has 0 saturated heterocycles. The van der Waals surface area contributed by atoms with Gasteiger partial charge in [0.2, 0.25) is 0 Å². The normalized spacial score (nSPS) is 11.9. The van der Waals surface area contributed by atoms with Crippen molar-refractivity contribution in [3.8, 4) is 0 Å². The van der Waals surface area contributed by atoms with Crippen LogP contribution < -0.4 is 5.76 Å². The van der Waals surface area contributed by atoms with E-state index in [-0.39, 0.29) is 11.1 Å². The number of nitro benzene ring substituents is 1. The zero-order valence-corrected chi connectivity index (χ0v) is 11.5. The fraction of sp³-hybridized carbons (Fsp3) is 0.417. The Hall–Kier alpha value is -1.76. The Balaban J connectivity index is 2.59. The average Bonchev–Trinajstić information content (AvgIpc) is 2.65. The Morgan fingerprint density at radius 1 is 1.47 bits per heavy atom. The van der Waals surface area contributed by atoms with Crippen LogP contribution in [0.15, 0.2) is 27.4 Å². The molecule has 0 aliphatic rings. The van der Waals surface area contributed by atoms with Gasteiger partial charge in [0.05, 0.1) is 10.4 Å². The SMILES string of the molecule is CC(C)(CS)Cn1c(=O)oc2ccc([N+](=O)[O-])cc21.